The minimum absolute atomic E-state index is 0.515. The molecule has 0 aliphatic carbocycles. The van der Waals surface area contributed by atoms with Gasteiger partial charge < -0.3 is 18.9 Å². The molecular weight excluding hydrogens is 913 g/mol. The Kier molecular flexibility index (Phi) is 13.0. The molecule has 75 heavy (non-hydrogen) atoms. The molecule has 12 rings (SSSR count). The van der Waals surface area contributed by atoms with Gasteiger partial charge in [-0.2, -0.15) is 0 Å². The van der Waals surface area contributed by atoms with E-state index < -0.39 is 0 Å². The van der Waals surface area contributed by atoms with Gasteiger partial charge in [0.05, 0.1) is 29.9 Å². The van der Waals surface area contributed by atoms with Crippen LogP contribution in [0.3, 0.4) is 0 Å². The van der Waals surface area contributed by atoms with Gasteiger partial charge >= 0.3 is 0 Å². The van der Waals surface area contributed by atoms with Gasteiger partial charge in [-0.1, -0.05) is 207 Å². The van der Waals surface area contributed by atoms with Crippen LogP contribution in [-0.4, -0.2) is 4.57 Å². The standard InChI is InChI=1S/C71H54N2O2/c1-3-50-16-20-52(21-17-50)47-74-48-53-24-26-55(27-25-53)56-28-37-62(38-29-56)72(69-15-9-11-60-10-5-6-12-66(60)69)63-39-30-57(31-40-63)58-32-41-64(42-33-58)73-70-14-8-7-13-67(70)68-46-61(36-45-71(68)73)59-34-43-65(44-35-59)75-49-54-22-18-51(4-2)19-23-54/h3-46H,1-2,47-49H2. The van der Waals surface area contributed by atoms with Crippen molar-refractivity contribution in [3.05, 3.63) is 296 Å². The number of para-hydroxylation sites is 1. The van der Waals surface area contributed by atoms with Crippen LogP contribution < -0.4 is 9.64 Å². The molecule has 0 unspecified atom stereocenters. The van der Waals surface area contributed by atoms with Crippen molar-refractivity contribution >= 4 is 61.8 Å². The molecule has 0 radical (unpaired) electrons. The molecule has 1 heterocycles. The highest BCUT2D eigenvalue weighted by Crippen LogP contribution is 2.41. The lowest BCUT2D eigenvalue weighted by Crippen LogP contribution is -2.10. The number of benzene rings is 11. The predicted octanol–water partition coefficient (Wildman–Crippen LogP) is 19.0. The van der Waals surface area contributed by atoms with Crippen molar-refractivity contribution in [1.82, 2.24) is 4.57 Å². The highest BCUT2D eigenvalue weighted by atomic mass is 16.5. The Morgan fingerprint density at radius 2 is 0.827 bits per heavy atom. The summed E-state index contributed by atoms with van der Waals surface area (Å²) in [5, 5.41) is 4.83. The molecule has 4 nitrogen and oxygen atoms in total. The normalized spacial score (nSPS) is 11.3. The van der Waals surface area contributed by atoms with Gasteiger partial charge in [0.2, 0.25) is 0 Å². The zero-order chi connectivity index (χ0) is 50.5. The fourth-order valence-corrected chi connectivity index (χ4v) is 10.2. The number of anilines is 3. The molecule has 0 aliphatic rings. The van der Waals surface area contributed by atoms with E-state index in [1.165, 1.54) is 32.6 Å². The predicted molar refractivity (Wildman–Crippen MR) is 315 cm³/mol. The molecule has 360 valence electrons. The molecule has 0 aliphatic heterocycles. The van der Waals surface area contributed by atoms with E-state index in [9.17, 15) is 0 Å². The van der Waals surface area contributed by atoms with Gasteiger partial charge in [0.25, 0.3) is 0 Å². The van der Waals surface area contributed by atoms with Crippen LogP contribution in [0.25, 0.3) is 83.8 Å². The van der Waals surface area contributed by atoms with Gasteiger partial charge in [0.15, 0.2) is 0 Å². The fourth-order valence-electron chi connectivity index (χ4n) is 10.2. The van der Waals surface area contributed by atoms with E-state index in [-0.39, 0.29) is 0 Å². The summed E-state index contributed by atoms with van der Waals surface area (Å²) in [7, 11) is 0. The van der Waals surface area contributed by atoms with Crippen LogP contribution in [-0.2, 0) is 24.6 Å². The zero-order valence-electron chi connectivity index (χ0n) is 41.6. The molecule has 11 aromatic carbocycles. The molecular formula is C71H54N2O2. The smallest absolute Gasteiger partial charge is 0.119 e. The monoisotopic (exact) mass is 966 g/mol. The SMILES string of the molecule is C=Cc1ccc(COCc2ccc(-c3ccc(N(c4ccc(-c5ccc(-n6c7ccccc7c7cc(-c8ccc(OCc9ccc(C=C)cc9)cc8)ccc76)cc5)cc4)c4cccc5ccccc45)cc3)cc2)cc1. The van der Waals surface area contributed by atoms with Crippen LogP contribution >= 0.6 is 0 Å². The lowest BCUT2D eigenvalue weighted by atomic mass is 10.0. The van der Waals surface area contributed by atoms with E-state index in [1.54, 1.807) is 0 Å². The van der Waals surface area contributed by atoms with Crippen molar-refractivity contribution < 1.29 is 9.47 Å². The molecule has 0 saturated carbocycles. The lowest BCUT2D eigenvalue weighted by Gasteiger charge is -2.27. The Morgan fingerprint density at radius 1 is 0.373 bits per heavy atom. The first-order valence-corrected chi connectivity index (χ1v) is 25.5. The molecule has 4 heteroatoms. The Balaban J connectivity index is 0.778. The zero-order valence-corrected chi connectivity index (χ0v) is 41.6. The number of hydrogen-bond donors (Lipinski definition) is 0. The Labute approximate surface area is 439 Å². The molecule has 0 spiro atoms. The van der Waals surface area contributed by atoms with E-state index in [1.807, 2.05) is 12.2 Å². The Bertz CT molecular complexity index is 3940. The molecule has 0 atom stereocenters. The van der Waals surface area contributed by atoms with Gasteiger partial charge in [0, 0.05) is 33.2 Å². The first-order valence-electron chi connectivity index (χ1n) is 25.5. The van der Waals surface area contributed by atoms with Gasteiger partial charge in [-0.3, -0.25) is 0 Å². The Hall–Kier alpha value is -9.48. The van der Waals surface area contributed by atoms with Gasteiger partial charge in [-0.15, -0.1) is 0 Å². The van der Waals surface area contributed by atoms with Crippen LogP contribution in [0.5, 0.6) is 5.75 Å². The summed E-state index contributed by atoms with van der Waals surface area (Å²) in [5.74, 6) is 0.844. The highest BCUT2D eigenvalue weighted by Gasteiger charge is 2.17. The third-order valence-corrected chi connectivity index (χ3v) is 14.2. The second-order valence-electron chi connectivity index (χ2n) is 19.0. The summed E-state index contributed by atoms with van der Waals surface area (Å²) < 4.78 is 14.6. The Morgan fingerprint density at radius 3 is 1.43 bits per heavy atom. The summed E-state index contributed by atoms with van der Waals surface area (Å²) in [6.45, 7) is 9.33. The van der Waals surface area contributed by atoms with Crippen molar-refractivity contribution in [1.29, 1.82) is 0 Å². The largest absolute Gasteiger partial charge is 0.489 e. The maximum atomic E-state index is 6.13. The van der Waals surface area contributed by atoms with Crippen molar-refractivity contribution in [2.75, 3.05) is 4.90 Å². The summed E-state index contributed by atoms with van der Waals surface area (Å²) in [5.41, 5.74) is 19.3. The molecule has 0 fully saturated rings. The summed E-state index contributed by atoms with van der Waals surface area (Å²) >= 11 is 0. The average molecular weight is 967 g/mol. The first-order chi connectivity index (χ1) is 37.0. The number of ether oxygens (including phenoxy) is 2. The fraction of sp³-hybridized carbons (Fsp3) is 0.0423. The van der Waals surface area contributed by atoms with Crippen LogP contribution in [0.4, 0.5) is 17.1 Å². The molecule has 1 aromatic heterocycles. The minimum atomic E-state index is 0.515. The van der Waals surface area contributed by atoms with Crippen molar-refractivity contribution in [2.45, 2.75) is 19.8 Å². The van der Waals surface area contributed by atoms with Crippen LogP contribution in [0.2, 0.25) is 0 Å². The maximum absolute atomic E-state index is 6.13. The van der Waals surface area contributed by atoms with Crippen LogP contribution in [0, 0.1) is 0 Å². The molecule has 0 saturated heterocycles. The van der Waals surface area contributed by atoms with Crippen molar-refractivity contribution in [3.63, 3.8) is 0 Å². The van der Waals surface area contributed by atoms with Crippen LogP contribution in [0.15, 0.2) is 268 Å². The van der Waals surface area contributed by atoms with E-state index in [2.05, 4.69) is 277 Å². The quantitative estimate of drug-likeness (QED) is 0.0965. The van der Waals surface area contributed by atoms with Gasteiger partial charge in [-0.05, 0) is 139 Å². The number of hydrogen-bond acceptors (Lipinski definition) is 3. The van der Waals surface area contributed by atoms with Crippen molar-refractivity contribution in [2.24, 2.45) is 0 Å². The number of fused-ring (bicyclic) bond motifs is 4. The van der Waals surface area contributed by atoms with E-state index in [4.69, 9.17) is 9.47 Å². The lowest BCUT2D eigenvalue weighted by molar-refractivity contribution is 0.107. The second kappa shape index (κ2) is 20.9. The van der Waals surface area contributed by atoms with Gasteiger partial charge in [-0.25, -0.2) is 0 Å². The number of nitrogens with zero attached hydrogens (tertiary/aromatic N) is 2. The molecule has 0 N–H and O–H groups in total. The van der Waals surface area contributed by atoms with E-state index in [0.717, 1.165) is 89.7 Å². The maximum Gasteiger partial charge on any atom is 0.119 e. The summed E-state index contributed by atoms with van der Waals surface area (Å²) in [4.78, 5) is 2.37. The summed E-state index contributed by atoms with van der Waals surface area (Å²) in [6, 6.07) is 91.2. The highest BCUT2D eigenvalue weighted by molar-refractivity contribution is 6.10. The van der Waals surface area contributed by atoms with E-state index >= 15 is 0 Å². The number of rotatable bonds is 16. The third kappa shape index (κ3) is 9.79. The molecule has 0 bridgehead atoms. The molecule has 0 amide bonds. The van der Waals surface area contributed by atoms with E-state index in [0.29, 0.717) is 19.8 Å². The average Bonchev–Trinajstić information content (AvgIpc) is 3.83. The number of aromatic nitrogens is 1. The molecule has 12 aromatic rings. The summed E-state index contributed by atoms with van der Waals surface area (Å²) in [6.07, 6.45) is 3.71. The first kappa shape index (κ1) is 46.6. The van der Waals surface area contributed by atoms with Crippen molar-refractivity contribution in [3.8, 4) is 44.8 Å². The second-order valence-corrected chi connectivity index (χ2v) is 19.0. The minimum Gasteiger partial charge on any atom is -0.489 e. The van der Waals surface area contributed by atoms with Crippen LogP contribution in [0.1, 0.15) is 27.8 Å². The van der Waals surface area contributed by atoms with Gasteiger partial charge in [0.1, 0.15) is 12.4 Å². The third-order valence-electron chi connectivity index (χ3n) is 14.2. The topological polar surface area (TPSA) is 26.6 Å².